The summed E-state index contributed by atoms with van der Waals surface area (Å²) in [5.41, 5.74) is 6.80. The van der Waals surface area contributed by atoms with Gasteiger partial charge >= 0.3 is 12.0 Å². The number of carbonyl (C=O) groups is 2. The van der Waals surface area contributed by atoms with Crippen LogP contribution in [-0.2, 0) is 22.4 Å². The molecule has 0 saturated carbocycles. The second kappa shape index (κ2) is 11.8. The fraction of sp³-hybridized carbons (Fsp3) is 0.548. The first kappa shape index (κ1) is 28.6. The van der Waals surface area contributed by atoms with Crippen molar-refractivity contribution in [1.29, 1.82) is 0 Å². The SMILES string of the molecule is CCCN(CCC(CC)C(=O)OC(C)(C)C)c1ccnc2c1CCN2C(=O)Nc1cc(C)c2c(c1)CC(C)=N2. The van der Waals surface area contributed by atoms with E-state index >= 15 is 0 Å². The number of aliphatic imine (C=N–C) groups is 1. The molecule has 0 saturated heterocycles. The standard InChI is InChI=1S/C31H43N5O3/c1-8-14-35(15-11-22(9-2)29(37)39-31(5,6)7)26-10-13-32-28-25(26)12-16-36(28)30(38)34-24-17-20(3)27-23(19-24)18-21(4)33-27/h10,13,17,19,22H,8-9,11-12,14-16,18H2,1-7H3,(H,34,38). The van der Waals surface area contributed by atoms with Crippen LogP contribution in [0.1, 0.15) is 77.5 Å². The average molecular weight is 534 g/mol. The minimum absolute atomic E-state index is 0.132. The number of ether oxygens (including phenoxy) is 1. The first-order chi connectivity index (χ1) is 18.5. The Bertz CT molecular complexity index is 1260. The van der Waals surface area contributed by atoms with Gasteiger partial charge in [0.2, 0.25) is 0 Å². The zero-order chi connectivity index (χ0) is 28.3. The molecule has 0 radical (unpaired) electrons. The van der Waals surface area contributed by atoms with E-state index in [1.54, 1.807) is 11.1 Å². The third-order valence-electron chi connectivity index (χ3n) is 7.29. The lowest BCUT2D eigenvalue weighted by atomic mass is 10.0. The number of nitrogens with one attached hydrogen (secondary N) is 1. The van der Waals surface area contributed by atoms with Gasteiger partial charge in [-0.3, -0.25) is 14.7 Å². The highest BCUT2D eigenvalue weighted by Gasteiger charge is 2.31. The Kier molecular flexibility index (Phi) is 8.62. The van der Waals surface area contributed by atoms with E-state index in [2.05, 4.69) is 27.1 Å². The Morgan fingerprint density at radius 2 is 1.95 bits per heavy atom. The van der Waals surface area contributed by atoms with Gasteiger partial charge in [0.1, 0.15) is 11.4 Å². The Balaban J connectivity index is 1.49. The molecule has 2 aliphatic heterocycles. The van der Waals surface area contributed by atoms with Gasteiger partial charge in [-0.15, -0.1) is 0 Å². The van der Waals surface area contributed by atoms with Crippen molar-refractivity contribution in [2.75, 3.05) is 34.8 Å². The maximum atomic E-state index is 13.4. The molecule has 2 amide bonds. The van der Waals surface area contributed by atoms with Crippen molar-refractivity contribution in [3.05, 3.63) is 41.1 Å². The summed E-state index contributed by atoms with van der Waals surface area (Å²) < 4.78 is 5.66. The van der Waals surface area contributed by atoms with E-state index in [0.29, 0.717) is 18.8 Å². The molecule has 0 spiro atoms. The van der Waals surface area contributed by atoms with Gasteiger partial charge in [-0.1, -0.05) is 13.8 Å². The van der Waals surface area contributed by atoms with Crippen molar-refractivity contribution in [1.82, 2.24) is 4.98 Å². The summed E-state index contributed by atoms with van der Waals surface area (Å²) in [4.78, 5) is 39.4. The molecule has 1 unspecified atom stereocenters. The third-order valence-corrected chi connectivity index (χ3v) is 7.29. The molecule has 3 heterocycles. The minimum atomic E-state index is -0.491. The lowest BCUT2D eigenvalue weighted by molar-refractivity contribution is -0.160. The number of pyridine rings is 1. The molecule has 1 N–H and O–H groups in total. The van der Waals surface area contributed by atoms with Crippen LogP contribution in [0.2, 0.25) is 0 Å². The Morgan fingerprint density at radius 1 is 1.18 bits per heavy atom. The van der Waals surface area contributed by atoms with Crippen molar-refractivity contribution in [2.24, 2.45) is 10.9 Å². The van der Waals surface area contributed by atoms with E-state index < -0.39 is 5.60 Å². The van der Waals surface area contributed by atoms with Crippen LogP contribution in [0.15, 0.2) is 29.4 Å². The maximum Gasteiger partial charge on any atom is 0.327 e. The van der Waals surface area contributed by atoms with E-state index in [4.69, 9.17) is 4.74 Å². The molecule has 1 aromatic heterocycles. The first-order valence-electron chi connectivity index (χ1n) is 14.2. The Labute approximate surface area is 232 Å². The van der Waals surface area contributed by atoms with Crippen molar-refractivity contribution in [3.63, 3.8) is 0 Å². The number of anilines is 3. The van der Waals surface area contributed by atoms with Crippen LogP contribution < -0.4 is 15.1 Å². The lowest BCUT2D eigenvalue weighted by Crippen LogP contribution is -2.34. The van der Waals surface area contributed by atoms with Crippen molar-refractivity contribution in [2.45, 2.75) is 86.2 Å². The average Bonchev–Trinajstić information content (AvgIpc) is 3.46. The van der Waals surface area contributed by atoms with Gasteiger partial charge in [0, 0.05) is 54.9 Å². The molecule has 8 heteroatoms. The summed E-state index contributed by atoms with van der Waals surface area (Å²) in [5.74, 6) is 0.431. The normalized spacial score (nSPS) is 14.9. The highest BCUT2D eigenvalue weighted by Crippen LogP contribution is 2.36. The van der Waals surface area contributed by atoms with Crippen LogP contribution in [0.4, 0.5) is 27.7 Å². The molecule has 2 aliphatic rings. The quantitative estimate of drug-likeness (QED) is 0.367. The van der Waals surface area contributed by atoms with Gasteiger partial charge in [-0.2, -0.15) is 0 Å². The molecule has 0 bridgehead atoms. The smallest absolute Gasteiger partial charge is 0.327 e. The van der Waals surface area contributed by atoms with Crippen LogP contribution in [0.25, 0.3) is 0 Å². The number of carbonyl (C=O) groups excluding carboxylic acids is 2. The summed E-state index contributed by atoms with van der Waals surface area (Å²) in [6, 6.07) is 5.87. The molecule has 1 aromatic carbocycles. The molecular weight excluding hydrogens is 490 g/mol. The number of rotatable bonds is 9. The largest absolute Gasteiger partial charge is 0.460 e. The summed E-state index contributed by atoms with van der Waals surface area (Å²) in [6.07, 6.45) is 5.78. The van der Waals surface area contributed by atoms with Gasteiger partial charge in [0.25, 0.3) is 0 Å². The van der Waals surface area contributed by atoms with Gasteiger partial charge in [-0.05, 0) is 89.6 Å². The summed E-state index contributed by atoms with van der Waals surface area (Å²) in [6.45, 7) is 16.2. The second-order valence-corrected chi connectivity index (χ2v) is 11.7. The van der Waals surface area contributed by atoms with Crippen molar-refractivity contribution < 1.29 is 14.3 Å². The molecule has 0 aliphatic carbocycles. The van der Waals surface area contributed by atoms with Gasteiger partial charge in [-0.25, -0.2) is 9.78 Å². The fourth-order valence-electron chi connectivity index (χ4n) is 5.49. The predicted octanol–water partition coefficient (Wildman–Crippen LogP) is 6.61. The van der Waals surface area contributed by atoms with Crippen molar-refractivity contribution >= 4 is 40.6 Å². The summed E-state index contributed by atoms with van der Waals surface area (Å²) in [7, 11) is 0. The van der Waals surface area contributed by atoms with E-state index in [1.807, 2.05) is 59.7 Å². The number of esters is 1. The van der Waals surface area contributed by atoms with Crippen molar-refractivity contribution in [3.8, 4) is 0 Å². The van der Waals surface area contributed by atoms with Crippen LogP contribution >= 0.6 is 0 Å². The minimum Gasteiger partial charge on any atom is -0.460 e. The number of amides is 2. The van der Waals surface area contributed by atoms with Crippen LogP contribution in [0.5, 0.6) is 0 Å². The molecule has 210 valence electrons. The highest BCUT2D eigenvalue weighted by molar-refractivity contribution is 6.03. The lowest BCUT2D eigenvalue weighted by Gasteiger charge is -2.29. The van der Waals surface area contributed by atoms with Crippen LogP contribution in [0, 0.1) is 12.8 Å². The monoisotopic (exact) mass is 533 g/mol. The topological polar surface area (TPSA) is 87.1 Å². The van der Waals surface area contributed by atoms with Crippen LogP contribution in [-0.4, -0.2) is 47.9 Å². The van der Waals surface area contributed by atoms with E-state index in [0.717, 1.165) is 78.2 Å². The first-order valence-corrected chi connectivity index (χ1v) is 14.2. The fourth-order valence-corrected chi connectivity index (χ4v) is 5.49. The summed E-state index contributed by atoms with van der Waals surface area (Å²) in [5, 5.41) is 3.09. The molecule has 1 atom stereocenters. The van der Waals surface area contributed by atoms with E-state index in [9.17, 15) is 9.59 Å². The van der Waals surface area contributed by atoms with Crippen LogP contribution in [0.3, 0.4) is 0 Å². The molecule has 8 nitrogen and oxygen atoms in total. The Hall–Kier alpha value is -3.42. The zero-order valence-electron chi connectivity index (χ0n) is 24.6. The highest BCUT2D eigenvalue weighted by atomic mass is 16.6. The predicted molar refractivity (Wildman–Crippen MR) is 159 cm³/mol. The molecule has 2 aromatic rings. The zero-order valence-corrected chi connectivity index (χ0v) is 24.6. The van der Waals surface area contributed by atoms with E-state index in [-0.39, 0.29) is 17.9 Å². The Morgan fingerprint density at radius 3 is 2.64 bits per heavy atom. The number of aromatic nitrogens is 1. The van der Waals surface area contributed by atoms with Gasteiger partial charge in [0.05, 0.1) is 11.6 Å². The number of benzene rings is 1. The number of aryl methyl sites for hydroxylation is 1. The number of hydrogen-bond acceptors (Lipinski definition) is 6. The summed E-state index contributed by atoms with van der Waals surface area (Å²) >= 11 is 0. The second-order valence-electron chi connectivity index (χ2n) is 11.7. The molecule has 39 heavy (non-hydrogen) atoms. The molecule has 0 fully saturated rings. The molecule has 4 rings (SSSR count). The maximum absolute atomic E-state index is 13.4. The van der Waals surface area contributed by atoms with Gasteiger partial charge in [0.15, 0.2) is 0 Å². The number of hydrogen-bond donors (Lipinski definition) is 1. The number of fused-ring (bicyclic) bond motifs is 2. The molecular formula is C31H43N5O3. The number of urea groups is 1. The van der Waals surface area contributed by atoms with Gasteiger partial charge < -0.3 is 15.0 Å². The number of nitrogens with zero attached hydrogens (tertiary/aromatic N) is 4. The third kappa shape index (κ3) is 6.60. The van der Waals surface area contributed by atoms with E-state index in [1.165, 1.54) is 0 Å².